The minimum absolute atomic E-state index is 0.0939. The molecule has 21 heavy (non-hydrogen) atoms. The Labute approximate surface area is 126 Å². The van der Waals surface area contributed by atoms with E-state index in [1.807, 2.05) is 0 Å². The minimum Gasteiger partial charge on any atom is -0.394 e. The lowest BCUT2D eigenvalue weighted by Gasteiger charge is -2.23. The summed E-state index contributed by atoms with van der Waals surface area (Å²) in [5, 5.41) is 8.71. The van der Waals surface area contributed by atoms with E-state index in [2.05, 4.69) is 27.7 Å². The van der Waals surface area contributed by atoms with Gasteiger partial charge in [-0.1, -0.05) is 6.58 Å². The van der Waals surface area contributed by atoms with Gasteiger partial charge >= 0.3 is 13.8 Å². The number of aliphatic hydroxyl groups is 1. The molecule has 0 spiro atoms. The molecule has 1 N–H and O–H groups in total. The molecular weight excluding hydrogens is 297 g/mol. The maximum Gasteiger partial charge on any atom is 0.532 e. The van der Waals surface area contributed by atoms with Crippen molar-refractivity contribution in [2.75, 3.05) is 47.5 Å². The zero-order valence-corrected chi connectivity index (χ0v) is 14.2. The van der Waals surface area contributed by atoms with Crippen LogP contribution in [-0.2, 0) is 22.9 Å². The van der Waals surface area contributed by atoms with E-state index >= 15 is 0 Å². The van der Waals surface area contributed by atoms with Gasteiger partial charge in [-0.25, -0.2) is 9.36 Å². The molecule has 0 fully saturated rings. The first-order chi connectivity index (χ1) is 9.59. The molecule has 0 saturated carbocycles. The highest BCUT2D eigenvalue weighted by atomic mass is 31.2. The Morgan fingerprint density at radius 1 is 1.19 bits per heavy atom. The number of unbranched alkanes of at least 4 members (excludes halogenated alkanes) is 1. The topological polar surface area (TPSA) is 82.1 Å². The van der Waals surface area contributed by atoms with Crippen molar-refractivity contribution in [3.05, 3.63) is 12.2 Å². The second kappa shape index (κ2) is 9.33. The zero-order chi connectivity index (χ0) is 16.5. The predicted molar refractivity (Wildman–Crippen MR) is 79.6 cm³/mol. The summed E-state index contributed by atoms with van der Waals surface area (Å²) in [6.07, 6.45) is 1.53. The number of carbonyl (C=O) groups excluding carboxylic acids is 1. The number of phosphoric acid groups is 1. The normalized spacial score (nSPS) is 14.5. The number of quaternary nitrogens is 1. The number of aliphatic hydroxyl groups excluding tert-OH is 1. The zero-order valence-electron chi connectivity index (χ0n) is 13.3. The summed E-state index contributed by atoms with van der Waals surface area (Å²) in [4.78, 5) is 11.4. The van der Waals surface area contributed by atoms with Gasteiger partial charge in [0.2, 0.25) is 0 Å². The number of hydrogen-bond acceptors (Lipinski definition) is 6. The summed E-state index contributed by atoms with van der Waals surface area (Å²) < 4.78 is 27.7. The van der Waals surface area contributed by atoms with Gasteiger partial charge in [-0.3, -0.25) is 9.05 Å². The molecule has 0 aromatic heterocycles. The van der Waals surface area contributed by atoms with Crippen molar-refractivity contribution in [1.82, 2.24) is 0 Å². The Bertz CT molecular complexity index is 391. The van der Waals surface area contributed by atoms with Gasteiger partial charge in [-0.05, 0) is 19.8 Å². The van der Waals surface area contributed by atoms with Crippen LogP contribution in [0, 0.1) is 0 Å². The molecule has 0 aromatic carbocycles. The second-order valence-electron chi connectivity index (χ2n) is 5.72. The van der Waals surface area contributed by atoms with E-state index < -0.39 is 13.8 Å². The Hall–Kier alpha value is -0.720. The maximum atomic E-state index is 12.2. The number of nitrogens with zero attached hydrogens (tertiary/aromatic N) is 1. The molecule has 0 saturated heterocycles. The van der Waals surface area contributed by atoms with Crippen molar-refractivity contribution in [3.8, 4) is 0 Å². The highest BCUT2D eigenvalue weighted by Crippen LogP contribution is 2.50. The Kier molecular flexibility index (Phi) is 9.01. The van der Waals surface area contributed by atoms with Crippen LogP contribution in [-0.4, -0.2) is 63.1 Å². The van der Waals surface area contributed by atoms with Crippen LogP contribution in [0.5, 0.6) is 0 Å². The van der Waals surface area contributed by atoms with Gasteiger partial charge in [0.05, 0.1) is 47.5 Å². The average Bonchev–Trinajstić information content (AvgIpc) is 2.34. The van der Waals surface area contributed by atoms with Gasteiger partial charge in [0.1, 0.15) is 0 Å². The Balaban J connectivity index is 4.32. The summed E-state index contributed by atoms with van der Waals surface area (Å²) in [7, 11) is 2.22. The fourth-order valence-electron chi connectivity index (χ4n) is 1.29. The number of rotatable bonds is 11. The van der Waals surface area contributed by atoms with Gasteiger partial charge < -0.3 is 14.1 Å². The summed E-state index contributed by atoms with van der Waals surface area (Å²) in [5.41, 5.74) is 0.0939. The number of carbonyl (C=O) groups is 1. The van der Waals surface area contributed by atoms with E-state index in [-0.39, 0.29) is 25.4 Å². The molecule has 124 valence electrons. The van der Waals surface area contributed by atoms with Crippen LogP contribution in [0.3, 0.4) is 0 Å². The number of hydrogen-bond donors (Lipinski definition) is 1. The molecule has 7 nitrogen and oxygen atoms in total. The van der Waals surface area contributed by atoms with E-state index in [9.17, 15) is 9.36 Å². The summed E-state index contributed by atoms with van der Waals surface area (Å²) in [5.74, 6) is -0.845. The minimum atomic E-state index is -4.00. The van der Waals surface area contributed by atoms with Crippen LogP contribution in [0.4, 0.5) is 0 Å². The van der Waals surface area contributed by atoms with Crippen molar-refractivity contribution in [1.29, 1.82) is 0 Å². The van der Waals surface area contributed by atoms with Gasteiger partial charge in [-0.15, -0.1) is 0 Å². The third-order valence-corrected chi connectivity index (χ3v) is 3.74. The van der Waals surface area contributed by atoms with Crippen molar-refractivity contribution < 1.29 is 32.5 Å². The maximum absolute atomic E-state index is 12.2. The van der Waals surface area contributed by atoms with Crippen LogP contribution in [0.2, 0.25) is 0 Å². The molecule has 0 aliphatic rings. The third-order valence-electron chi connectivity index (χ3n) is 2.36. The first-order valence-electron chi connectivity index (χ1n) is 6.79. The van der Waals surface area contributed by atoms with E-state index in [1.54, 1.807) is 0 Å². The average molecular weight is 324 g/mol. The fraction of sp³-hybridized carbons (Fsp3) is 0.769. The van der Waals surface area contributed by atoms with Gasteiger partial charge in [0.25, 0.3) is 0 Å². The van der Waals surface area contributed by atoms with E-state index in [0.717, 1.165) is 17.4 Å². The van der Waals surface area contributed by atoms with Crippen molar-refractivity contribution >= 4 is 13.8 Å². The predicted octanol–water partition coefficient (Wildman–Crippen LogP) is 1.73. The van der Waals surface area contributed by atoms with Crippen molar-refractivity contribution in [2.45, 2.75) is 19.8 Å². The molecule has 0 aliphatic carbocycles. The summed E-state index contributed by atoms with van der Waals surface area (Å²) in [6, 6.07) is 0. The molecule has 0 aliphatic heterocycles. The first-order valence-corrected chi connectivity index (χ1v) is 8.25. The summed E-state index contributed by atoms with van der Waals surface area (Å²) >= 11 is 0. The summed E-state index contributed by atoms with van der Waals surface area (Å²) in [6.45, 7) is 5.33. The van der Waals surface area contributed by atoms with Crippen LogP contribution in [0.1, 0.15) is 19.8 Å². The van der Waals surface area contributed by atoms with Gasteiger partial charge in [0, 0.05) is 5.57 Å². The fourth-order valence-corrected chi connectivity index (χ4v) is 2.48. The van der Waals surface area contributed by atoms with E-state index in [1.165, 1.54) is 6.92 Å². The van der Waals surface area contributed by atoms with E-state index in [0.29, 0.717) is 6.42 Å². The standard InChI is InChI=1S/C13H27NO6P/c1-12(2)13(16)20-21(17,19-11-9-15)18-10-7-6-8-14(3,4)5/h15H,1,6-11H2,2-5H3/q+1. The molecule has 0 amide bonds. The molecule has 0 heterocycles. The quantitative estimate of drug-likeness (QED) is 0.270. The highest BCUT2D eigenvalue weighted by Gasteiger charge is 2.31. The first kappa shape index (κ1) is 20.3. The van der Waals surface area contributed by atoms with Gasteiger partial charge in [-0.2, -0.15) is 0 Å². The van der Waals surface area contributed by atoms with Gasteiger partial charge in [0.15, 0.2) is 0 Å². The second-order valence-corrected chi connectivity index (χ2v) is 7.31. The molecule has 0 bridgehead atoms. The molecule has 1 atom stereocenters. The molecular formula is C13H27NO6P+. The lowest BCUT2D eigenvalue weighted by molar-refractivity contribution is -0.870. The highest BCUT2D eigenvalue weighted by molar-refractivity contribution is 7.49. The molecule has 0 aromatic rings. The largest absolute Gasteiger partial charge is 0.532 e. The van der Waals surface area contributed by atoms with Crippen molar-refractivity contribution in [2.24, 2.45) is 0 Å². The number of phosphoric ester groups is 1. The van der Waals surface area contributed by atoms with Crippen LogP contribution >= 0.6 is 7.82 Å². The van der Waals surface area contributed by atoms with Crippen LogP contribution < -0.4 is 0 Å². The third kappa shape index (κ3) is 10.6. The smallest absolute Gasteiger partial charge is 0.394 e. The van der Waals surface area contributed by atoms with E-state index in [4.69, 9.17) is 18.7 Å². The SMILES string of the molecule is C=C(C)C(=O)OP(=O)(OCCO)OCCCC[N+](C)(C)C. The van der Waals surface area contributed by atoms with Crippen LogP contribution in [0.15, 0.2) is 12.2 Å². The molecule has 0 radical (unpaired) electrons. The monoisotopic (exact) mass is 324 g/mol. The Morgan fingerprint density at radius 3 is 2.24 bits per heavy atom. The molecule has 8 heteroatoms. The lowest BCUT2D eigenvalue weighted by atomic mass is 10.3. The molecule has 0 rings (SSSR count). The van der Waals surface area contributed by atoms with Crippen LogP contribution in [0.25, 0.3) is 0 Å². The Morgan fingerprint density at radius 2 is 1.76 bits per heavy atom. The molecule has 1 unspecified atom stereocenters. The van der Waals surface area contributed by atoms with Crippen molar-refractivity contribution in [3.63, 3.8) is 0 Å². The lowest BCUT2D eigenvalue weighted by Crippen LogP contribution is -2.35.